The highest BCUT2D eigenvalue weighted by atomic mass is 79.9. The summed E-state index contributed by atoms with van der Waals surface area (Å²) >= 11 is 3.48. The fourth-order valence-electron chi connectivity index (χ4n) is 3.19. The van der Waals surface area contributed by atoms with Crippen molar-refractivity contribution in [2.75, 3.05) is 25.2 Å². The minimum absolute atomic E-state index is 0.104. The molecule has 0 N–H and O–H groups in total. The van der Waals surface area contributed by atoms with Crippen molar-refractivity contribution in [1.29, 1.82) is 0 Å². The molecular weight excluding hydrogens is 380 g/mol. The average Bonchev–Trinajstić information content (AvgIpc) is 3.31. The van der Waals surface area contributed by atoms with E-state index in [1.165, 1.54) is 0 Å². The van der Waals surface area contributed by atoms with E-state index in [1.807, 2.05) is 30.3 Å². The highest BCUT2D eigenvalue weighted by Gasteiger charge is 2.29. The molecular formula is C20H19BrN2O2. The van der Waals surface area contributed by atoms with E-state index in [1.54, 1.807) is 7.11 Å². The van der Waals surface area contributed by atoms with Crippen molar-refractivity contribution in [2.45, 2.75) is 6.23 Å². The van der Waals surface area contributed by atoms with Crippen LogP contribution < -0.4 is 9.64 Å². The third-order valence-corrected chi connectivity index (χ3v) is 4.94. The molecule has 0 spiro atoms. The molecule has 0 amide bonds. The molecule has 5 heteroatoms. The Labute approximate surface area is 155 Å². The van der Waals surface area contributed by atoms with E-state index in [-0.39, 0.29) is 6.23 Å². The van der Waals surface area contributed by atoms with Crippen LogP contribution in [0.15, 0.2) is 71.5 Å². The number of benzene rings is 2. The molecule has 4 nitrogen and oxygen atoms in total. The van der Waals surface area contributed by atoms with Gasteiger partial charge in [0.05, 0.1) is 19.4 Å². The van der Waals surface area contributed by atoms with Gasteiger partial charge in [0, 0.05) is 34.7 Å². The molecule has 1 aliphatic rings. The van der Waals surface area contributed by atoms with Crippen LogP contribution in [0.3, 0.4) is 0 Å². The van der Waals surface area contributed by atoms with E-state index in [0.29, 0.717) is 6.61 Å². The monoisotopic (exact) mass is 398 g/mol. The first kappa shape index (κ1) is 16.2. The van der Waals surface area contributed by atoms with E-state index in [0.717, 1.165) is 33.7 Å². The van der Waals surface area contributed by atoms with Crippen LogP contribution in [-0.2, 0) is 4.74 Å². The number of ether oxygens (including phenoxy) is 2. The van der Waals surface area contributed by atoms with Gasteiger partial charge in [0.2, 0.25) is 0 Å². The molecule has 3 aromatic rings. The molecule has 128 valence electrons. The highest BCUT2D eigenvalue weighted by Crippen LogP contribution is 2.37. The predicted octanol–water partition coefficient (Wildman–Crippen LogP) is 4.78. The minimum Gasteiger partial charge on any atom is -0.495 e. The zero-order valence-corrected chi connectivity index (χ0v) is 15.5. The highest BCUT2D eigenvalue weighted by molar-refractivity contribution is 9.10. The third-order valence-electron chi connectivity index (χ3n) is 4.41. The number of aromatic nitrogens is 1. The number of methoxy groups -OCH3 is 1. The first-order valence-corrected chi connectivity index (χ1v) is 9.00. The summed E-state index contributed by atoms with van der Waals surface area (Å²) in [6.45, 7) is 1.54. The van der Waals surface area contributed by atoms with Crippen molar-refractivity contribution in [3.05, 3.63) is 77.0 Å². The van der Waals surface area contributed by atoms with Crippen LogP contribution in [0.1, 0.15) is 11.8 Å². The number of hydrogen-bond donors (Lipinski definition) is 0. The molecule has 0 saturated carbocycles. The first-order valence-electron chi connectivity index (χ1n) is 8.21. The summed E-state index contributed by atoms with van der Waals surface area (Å²) in [4.78, 5) is 2.25. The molecule has 0 radical (unpaired) electrons. The molecule has 25 heavy (non-hydrogen) atoms. The fraction of sp³-hybridized carbons (Fsp3) is 0.200. The van der Waals surface area contributed by atoms with Crippen LogP contribution in [0.4, 0.5) is 5.69 Å². The second-order valence-corrected chi connectivity index (χ2v) is 6.83. The van der Waals surface area contributed by atoms with Crippen molar-refractivity contribution in [3.8, 4) is 11.4 Å². The maximum absolute atomic E-state index is 6.02. The number of hydrogen-bond acceptors (Lipinski definition) is 3. The van der Waals surface area contributed by atoms with Crippen molar-refractivity contribution in [2.24, 2.45) is 0 Å². The molecule has 1 aromatic heterocycles. The second kappa shape index (κ2) is 6.94. The van der Waals surface area contributed by atoms with E-state index >= 15 is 0 Å². The summed E-state index contributed by atoms with van der Waals surface area (Å²) in [5.41, 5.74) is 3.31. The van der Waals surface area contributed by atoms with Gasteiger partial charge in [-0.05, 0) is 42.5 Å². The Morgan fingerprint density at radius 1 is 1.08 bits per heavy atom. The van der Waals surface area contributed by atoms with Crippen molar-refractivity contribution < 1.29 is 9.47 Å². The molecule has 1 aliphatic heterocycles. The topological polar surface area (TPSA) is 26.6 Å². The Balaban J connectivity index is 1.64. The molecule has 2 heterocycles. The summed E-state index contributed by atoms with van der Waals surface area (Å²) < 4.78 is 14.7. The summed E-state index contributed by atoms with van der Waals surface area (Å²) in [5.74, 6) is 0.866. The lowest BCUT2D eigenvalue weighted by Crippen LogP contribution is -2.23. The molecule has 0 bridgehead atoms. The van der Waals surface area contributed by atoms with Gasteiger partial charge in [-0.25, -0.2) is 0 Å². The van der Waals surface area contributed by atoms with E-state index < -0.39 is 0 Å². The Morgan fingerprint density at radius 3 is 2.68 bits per heavy atom. The Kier molecular flexibility index (Phi) is 4.51. The molecule has 1 fully saturated rings. The Morgan fingerprint density at radius 2 is 1.88 bits per heavy atom. The van der Waals surface area contributed by atoms with Gasteiger partial charge in [0.25, 0.3) is 0 Å². The van der Waals surface area contributed by atoms with Crippen molar-refractivity contribution in [3.63, 3.8) is 0 Å². The summed E-state index contributed by atoms with van der Waals surface area (Å²) in [5, 5.41) is 0. The van der Waals surface area contributed by atoms with Crippen LogP contribution in [0.5, 0.6) is 5.75 Å². The van der Waals surface area contributed by atoms with Crippen molar-refractivity contribution >= 4 is 21.6 Å². The van der Waals surface area contributed by atoms with Gasteiger partial charge in [-0.2, -0.15) is 0 Å². The molecule has 2 aromatic carbocycles. The second-order valence-electron chi connectivity index (χ2n) is 5.92. The lowest BCUT2D eigenvalue weighted by molar-refractivity contribution is 0.113. The van der Waals surface area contributed by atoms with Gasteiger partial charge in [-0.15, -0.1) is 0 Å². The van der Waals surface area contributed by atoms with Gasteiger partial charge in [-0.1, -0.05) is 28.1 Å². The number of nitrogens with zero attached hydrogens (tertiary/aromatic N) is 2. The van der Waals surface area contributed by atoms with Crippen LogP contribution in [0.25, 0.3) is 5.69 Å². The smallest absolute Gasteiger partial charge is 0.158 e. The van der Waals surface area contributed by atoms with Crippen molar-refractivity contribution in [1.82, 2.24) is 4.57 Å². The minimum atomic E-state index is -0.104. The van der Waals surface area contributed by atoms with Crippen LogP contribution in [0, 0.1) is 0 Å². The number of anilines is 1. The average molecular weight is 399 g/mol. The number of rotatable bonds is 4. The van der Waals surface area contributed by atoms with Gasteiger partial charge in [-0.3, -0.25) is 0 Å². The Hall–Kier alpha value is -2.24. The molecule has 4 rings (SSSR count). The molecule has 1 atom stereocenters. The first-order chi connectivity index (χ1) is 12.3. The van der Waals surface area contributed by atoms with Crippen LogP contribution >= 0.6 is 15.9 Å². The largest absolute Gasteiger partial charge is 0.495 e. The maximum Gasteiger partial charge on any atom is 0.158 e. The number of para-hydroxylation sites is 2. The molecule has 1 saturated heterocycles. The van der Waals surface area contributed by atoms with E-state index in [4.69, 9.17) is 9.47 Å². The van der Waals surface area contributed by atoms with Crippen LogP contribution in [0.2, 0.25) is 0 Å². The lowest BCUT2D eigenvalue weighted by atomic mass is 10.2. The lowest BCUT2D eigenvalue weighted by Gasteiger charge is -2.26. The van der Waals surface area contributed by atoms with Gasteiger partial charge in [0.15, 0.2) is 6.23 Å². The molecule has 0 unspecified atom stereocenters. The van der Waals surface area contributed by atoms with Gasteiger partial charge in [0.1, 0.15) is 5.75 Å². The quantitative estimate of drug-likeness (QED) is 0.632. The summed E-state index contributed by atoms with van der Waals surface area (Å²) in [6.07, 6.45) is 4.09. The number of halogens is 1. The summed E-state index contributed by atoms with van der Waals surface area (Å²) in [6, 6.07) is 18.4. The van der Waals surface area contributed by atoms with Gasteiger partial charge >= 0.3 is 0 Å². The zero-order valence-electron chi connectivity index (χ0n) is 13.9. The van der Waals surface area contributed by atoms with E-state index in [2.05, 4.69) is 62.1 Å². The predicted molar refractivity (Wildman–Crippen MR) is 103 cm³/mol. The zero-order chi connectivity index (χ0) is 17.2. The van der Waals surface area contributed by atoms with Crippen LogP contribution in [-0.4, -0.2) is 24.8 Å². The Bertz CT molecular complexity index is 860. The maximum atomic E-state index is 6.02. The fourth-order valence-corrected chi connectivity index (χ4v) is 3.46. The van der Waals surface area contributed by atoms with E-state index in [9.17, 15) is 0 Å². The summed E-state index contributed by atoms with van der Waals surface area (Å²) in [7, 11) is 1.70. The molecule has 0 aliphatic carbocycles. The third kappa shape index (κ3) is 3.17. The van der Waals surface area contributed by atoms with Gasteiger partial charge < -0.3 is 18.9 Å². The standard InChI is InChI=1S/C20H19BrN2O2/c1-24-19-5-3-2-4-18(19)23-12-13-25-20(23)15-10-11-22(14-15)17-8-6-16(21)7-9-17/h2-11,14,20H,12-13H2,1H3/t20-/m1/s1. The SMILES string of the molecule is COc1ccccc1N1CCO[C@@H]1c1ccn(-c2ccc(Br)cc2)c1. The normalized spacial score (nSPS) is 17.0.